The second-order valence-electron chi connectivity index (χ2n) is 5.15. The third-order valence-corrected chi connectivity index (χ3v) is 6.56. The fourth-order valence-corrected chi connectivity index (χ4v) is 4.51. The predicted octanol–water partition coefficient (Wildman–Crippen LogP) is 3.53. The number of hydrogen-bond acceptors (Lipinski definition) is 3. The minimum Gasteiger partial charge on any atom is -0.292 e. The van der Waals surface area contributed by atoms with Crippen molar-refractivity contribution in [3.05, 3.63) is 65.2 Å². The van der Waals surface area contributed by atoms with Gasteiger partial charge in [-0.1, -0.05) is 29.8 Å². The molecule has 2 aromatic rings. The standard InChI is InChI=1S/C16H13ClO3S/c17-13-8-6-12(7-9-13)15(18)16(10-11-16)21(19,20)14-4-2-1-3-5-14/h1-9H,10-11H2. The molecule has 0 spiro atoms. The fraction of sp³-hybridized carbons (Fsp3) is 0.188. The molecule has 0 radical (unpaired) electrons. The van der Waals surface area contributed by atoms with Crippen molar-refractivity contribution in [2.24, 2.45) is 0 Å². The predicted molar refractivity (Wildman–Crippen MR) is 81.4 cm³/mol. The highest BCUT2D eigenvalue weighted by atomic mass is 35.5. The van der Waals surface area contributed by atoms with E-state index in [9.17, 15) is 13.2 Å². The van der Waals surface area contributed by atoms with Crippen LogP contribution in [0.15, 0.2) is 59.5 Å². The van der Waals surface area contributed by atoms with E-state index in [2.05, 4.69) is 0 Å². The van der Waals surface area contributed by atoms with Crippen molar-refractivity contribution in [1.82, 2.24) is 0 Å². The van der Waals surface area contributed by atoms with Crippen LogP contribution >= 0.6 is 11.6 Å². The lowest BCUT2D eigenvalue weighted by molar-refractivity contribution is 0.0978. The molecule has 0 heterocycles. The Bertz CT molecular complexity index is 776. The SMILES string of the molecule is O=C(c1ccc(Cl)cc1)C1(S(=O)(=O)c2ccccc2)CC1. The molecule has 21 heavy (non-hydrogen) atoms. The molecule has 0 bridgehead atoms. The Hall–Kier alpha value is -1.65. The van der Waals surface area contributed by atoms with Gasteiger partial charge in [-0.3, -0.25) is 4.79 Å². The van der Waals surface area contributed by atoms with Crippen LogP contribution < -0.4 is 0 Å². The minimum atomic E-state index is -3.67. The van der Waals surface area contributed by atoms with Crippen molar-refractivity contribution in [2.75, 3.05) is 0 Å². The summed E-state index contributed by atoms with van der Waals surface area (Å²) in [5, 5.41) is 0.516. The van der Waals surface area contributed by atoms with Crippen LogP contribution in [0.5, 0.6) is 0 Å². The van der Waals surface area contributed by atoms with Crippen molar-refractivity contribution in [3.8, 4) is 0 Å². The summed E-state index contributed by atoms with van der Waals surface area (Å²) in [6.07, 6.45) is 0.734. The summed E-state index contributed by atoms with van der Waals surface area (Å²) in [4.78, 5) is 12.8. The molecule has 0 N–H and O–H groups in total. The van der Waals surface area contributed by atoms with Crippen LogP contribution in [0.1, 0.15) is 23.2 Å². The van der Waals surface area contributed by atoms with Gasteiger partial charge in [-0.05, 0) is 49.2 Å². The molecule has 1 aliphatic rings. The number of carbonyl (C=O) groups excluding carboxylic acids is 1. The first-order valence-electron chi connectivity index (χ1n) is 6.57. The van der Waals surface area contributed by atoms with Crippen LogP contribution in [0.4, 0.5) is 0 Å². The van der Waals surface area contributed by atoms with Crippen LogP contribution in [0.25, 0.3) is 0 Å². The normalized spacial score (nSPS) is 16.4. The van der Waals surface area contributed by atoms with Gasteiger partial charge in [-0.2, -0.15) is 0 Å². The first-order valence-corrected chi connectivity index (χ1v) is 8.43. The number of halogens is 1. The maximum absolute atomic E-state index is 12.8. The highest BCUT2D eigenvalue weighted by Gasteiger charge is 2.60. The van der Waals surface area contributed by atoms with Gasteiger partial charge >= 0.3 is 0 Å². The Balaban J connectivity index is 2.02. The summed E-state index contributed by atoms with van der Waals surface area (Å²) in [6.45, 7) is 0. The lowest BCUT2D eigenvalue weighted by Crippen LogP contribution is -2.32. The van der Waals surface area contributed by atoms with Crippen LogP contribution in [0.2, 0.25) is 5.02 Å². The van der Waals surface area contributed by atoms with Crippen molar-refractivity contribution in [2.45, 2.75) is 22.5 Å². The number of carbonyl (C=O) groups is 1. The number of rotatable bonds is 4. The molecule has 0 saturated heterocycles. The lowest BCUT2D eigenvalue weighted by atomic mass is 10.1. The van der Waals surface area contributed by atoms with E-state index in [1.165, 1.54) is 12.1 Å². The summed E-state index contributed by atoms with van der Waals surface area (Å²) in [7, 11) is -3.67. The molecule has 0 atom stereocenters. The smallest absolute Gasteiger partial charge is 0.191 e. The summed E-state index contributed by atoms with van der Waals surface area (Å²) in [5.74, 6) is -0.344. The fourth-order valence-electron chi connectivity index (χ4n) is 2.42. The van der Waals surface area contributed by atoms with Gasteiger partial charge in [0.05, 0.1) is 4.90 Å². The Labute approximate surface area is 128 Å². The second kappa shape index (κ2) is 4.97. The van der Waals surface area contributed by atoms with Crippen molar-refractivity contribution >= 4 is 27.2 Å². The molecular weight excluding hydrogens is 308 g/mol. The van der Waals surface area contributed by atoms with Gasteiger partial charge in [0.15, 0.2) is 15.6 Å². The van der Waals surface area contributed by atoms with E-state index in [-0.39, 0.29) is 10.7 Å². The van der Waals surface area contributed by atoms with Crippen LogP contribution in [0.3, 0.4) is 0 Å². The van der Waals surface area contributed by atoms with Crippen molar-refractivity contribution < 1.29 is 13.2 Å². The lowest BCUT2D eigenvalue weighted by Gasteiger charge is -2.15. The quantitative estimate of drug-likeness (QED) is 0.810. The molecule has 3 nitrogen and oxygen atoms in total. The van der Waals surface area contributed by atoms with Gasteiger partial charge in [0.25, 0.3) is 0 Å². The first kappa shape index (κ1) is 14.3. The molecule has 0 unspecified atom stereocenters. The van der Waals surface area contributed by atoms with E-state index in [1.54, 1.807) is 42.5 Å². The van der Waals surface area contributed by atoms with Gasteiger partial charge in [-0.15, -0.1) is 0 Å². The van der Waals surface area contributed by atoms with E-state index in [1.807, 2.05) is 0 Å². The summed E-state index contributed by atoms with van der Waals surface area (Å²) >= 11 is 5.80. The molecule has 108 valence electrons. The maximum atomic E-state index is 12.8. The van der Waals surface area contributed by atoms with Gasteiger partial charge < -0.3 is 0 Å². The van der Waals surface area contributed by atoms with Gasteiger partial charge in [-0.25, -0.2) is 8.42 Å². The Kier molecular flexibility index (Phi) is 3.38. The average molecular weight is 321 g/mol. The monoisotopic (exact) mass is 320 g/mol. The van der Waals surface area contributed by atoms with Crippen molar-refractivity contribution in [3.63, 3.8) is 0 Å². The van der Waals surface area contributed by atoms with E-state index in [4.69, 9.17) is 11.6 Å². The van der Waals surface area contributed by atoms with Gasteiger partial charge in [0, 0.05) is 10.6 Å². The van der Waals surface area contributed by atoms with E-state index >= 15 is 0 Å². The Morgan fingerprint density at radius 2 is 1.52 bits per heavy atom. The zero-order chi connectivity index (χ0) is 15.1. The van der Waals surface area contributed by atoms with Gasteiger partial charge in [0.1, 0.15) is 4.75 Å². The van der Waals surface area contributed by atoms with Crippen LogP contribution in [-0.4, -0.2) is 18.9 Å². The van der Waals surface area contributed by atoms with E-state index < -0.39 is 14.6 Å². The Morgan fingerprint density at radius 1 is 0.952 bits per heavy atom. The molecule has 2 aromatic carbocycles. The molecule has 1 saturated carbocycles. The number of sulfone groups is 1. The third kappa shape index (κ3) is 2.28. The van der Waals surface area contributed by atoms with Crippen molar-refractivity contribution in [1.29, 1.82) is 0 Å². The highest BCUT2D eigenvalue weighted by Crippen LogP contribution is 2.49. The topological polar surface area (TPSA) is 51.2 Å². The van der Waals surface area contributed by atoms with Gasteiger partial charge in [0.2, 0.25) is 0 Å². The molecule has 5 heteroatoms. The molecule has 3 rings (SSSR count). The summed E-state index contributed by atoms with van der Waals surface area (Å²) in [6, 6.07) is 14.5. The molecule has 1 aliphatic carbocycles. The molecule has 0 amide bonds. The molecule has 0 aromatic heterocycles. The summed E-state index contributed by atoms with van der Waals surface area (Å²) < 4.78 is 24.2. The number of ketones is 1. The minimum absolute atomic E-state index is 0.199. The van der Waals surface area contributed by atoms with E-state index in [0.29, 0.717) is 23.4 Å². The molecule has 0 aliphatic heterocycles. The zero-order valence-corrected chi connectivity index (χ0v) is 12.7. The number of benzene rings is 2. The first-order chi connectivity index (χ1) is 9.97. The van der Waals surface area contributed by atoms with Crippen LogP contribution in [0, 0.1) is 0 Å². The summed E-state index contributed by atoms with van der Waals surface area (Å²) in [5.41, 5.74) is 0.386. The number of Topliss-reactive ketones (excluding diaryl/α,β-unsaturated/α-hetero) is 1. The van der Waals surface area contributed by atoms with Crippen LogP contribution in [-0.2, 0) is 9.84 Å². The number of hydrogen-bond donors (Lipinski definition) is 0. The Morgan fingerprint density at radius 3 is 2.05 bits per heavy atom. The average Bonchev–Trinajstić information content (AvgIpc) is 3.30. The van der Waals surface area contributed by atoms with E-state index in [0.717, 1.165) is 0 Å². The second-order valence-corrected chi connectivity index (χ2v) is 7.84. The highest BCUT2D eigenvalue weighted by molar-refractivity contribution is 7.94. The molecule has 1 fully saturated rings. The maximum Gasteiger partial charge on any atom is 0.191 e. The molecular formula is C16H13ClO3S. The zero-order valence-electron chi connectivity index (χ0n) is 11.1. The largest absolute Gasteiger partial charge is 0.292 e. The third-order valence-electron chi connectivity index (χ3n) is 3.79.